The highest BCUT2D eigenvalue weighted by atomic mass is 16.5. The lowest BCUT2D eigenvalue weighted by molar-refractivity contribution is -0.141. The lowest BCUT2D eigenvalue weighted by Gasteiger charge is -2.37. The summed E-state index contributed by atoms with van der Waals surface area (Å²) < 4.78 is 11.8. The predicted octanol–water partition coefficient (Wildman–Crippen LogP) is -0.401. The molecule has 0 amide bonds. The standard InChI is InChI=1S/C12H21BN2O4/c1-11(2,17)12(3,4)19-13-9-6-14-15(7-9)8-10(16)18-5/h6-7,13,17H,8H2,1-5H3. The third-order valence-electron chi connectivity index (χ3n) is 3.28. The minimum atomic E-state index is -0.949. The van der Waals surface area contributed by atoms with Crippen molar-refractivity contribution in [3.63, 3.8) is 0 Å². The van der Waals surface area contributed by atoms with E-state index in [1.54, 1.807) is 26.2 Å². The molecule has 0 unspecified atom stereocenters. The number of methoxy groups -OCH3 is 1. The van der Waals surface area contributed by atoms with Gasteiger partial charge in [0.2, 0.25) is 0 Å². The summed E-state index contributed by atoms with van der Waals surface area (Å²) in [7, 11) is 1.65. The minimum Gasteiger partial charge on any atom is -0.468 e. The van der Waals surface area contributed by atoms with Gasteiger partial charge in [-0.3, -0.25) is 9.48 Å². The second kappa shape index (κ2) is 5.75. The number of aromatic nitrogens is 2. The number of esters is 1. The van der Waals surface area contributed by atoms with Gasteiger partial charge in [0, 0.05) is 12.4 Å². The summed E-state index contributed by atoms with van der Waals surface area (Å²) in [5.41, 5.74) is -0.798. The van der Waals surface area contributed by atoms with Crippen LogP contribution < -0.4 is 5.46 Å². The van der Waals surface area contributed by atoms with Crippen molar-refractivity contribution in [2.24, 2.45) is 0 Å². The molecule has 1 aromatic heterocycles. The van der Waals surface area contributed by atoms with Crippen LogP contribution in [0.3, 0.4) is 0 Å². The van der Waals surface area contributed by atoms with Gasteiger partial charge in [0.25, 0.3) is 0 Å². The van der Waals surface area contributed by atoms with Gasteiger partial charge in [-0.25, -0.2) is 0 Å². The maximum atomic E-state index is 11.1. The van der Waals surface area contributed by atoms with Gasteiger partial charge in [-0.05, 0) is 33.2 Å². The number of ether oxygens (including phenoxy) is 1. The van der Waals surface area contributed by atoms with E-state index in [1.165, 1.54) is 11.8 Å². The number of nitrogens with zero attached hydrogens (tertiary/aromatic N) is 2. The lowest BCUT2D eigenvalue weighted by atomic mass is 9.84. The van der Waals surface area contributed by atoms with Crippen molar-refractivity contribution in [3.05, 3.63) is 12.4 Å². The Hall–Kier alpha value is -1.34. The number of carbonyl (C=O) groups excluding carboxylic acids is 1. The largest absolute Gasteiger partial charge is 0.468 e. The van der Waals surface area contributed by atoms with Gasteiger partial charge < -0.3 is 14.5 Å². The second-order valence-electron chi connectivity index (χ2n) is 5.48. The SMILES string of the molecule is COC(=O)Cn1cc(BOC(C)(C)C(C)(C)O)cn1. The van der Waals surface area contributed by atoms with Crippen LogP contribution in [-0.4, -0.2) is 46.7 Å². The van der Waals surface area contributed by atoms with Gasteiger partial charge in [0.05, 0.1) is 18.3 Å². The van der Waals surface area contributed by atoms with Gasteiger partial charge in [-0.1, -0.05) is 0 Å². The Morgan fingerprint density at radius 2 is 2.11 bits per heavy atom. The van der Waals surface area contributed by atoms with Crippen LogP contribution in [0.5, 0.6) is 0 Å². The van der Waals surface area contributed by atoms with Crippen molar-refractivity contribution >= 4 is 18.9 Å². The Labute approximate surface area is 114 Å². The lowest BCUT2D eigenvalue weighted by Crippen LogP contribution is -2.49. The van der Waals surface area contributed by atoms with Crippen molar-refractivity contribution in [2.45, 2.75) is 45.4 Å². The molecule has 0 saturated heterocycles. The monoisotopic (exact) mass is 268 g/mol. The van der Waals surface area contributed by atoms with Crippen molar-refractivity contribution in [3.8, 4) is 0 Å². The fraction of sp³-hybridized carbons (Fsp3) is 0.667. The molecule has 0 radical (unpaired) electrons. The van der Waals surface area contributed by atoms with Crippen LogP contribution >= 0.6 is 0 Å². The number of aliphatic hydroxyl groups is 1. The third kappa shape index (κ3) is 4.36. The molecule has 1 N–H and O–H groups in total. The number of carbonyl (C=O) groups is 1. The van der Waals surface area contributed by atoms with E-state index >= 15 is 0 Å². The van der Waals surface area contributed by atoms with Gasteiger partial charge in [0.15, 0.2) is 0 Å². The zero-order valence-corrected chi connectivity index (χ0v) is 12.1. The van der Waals surface area contributed by atoms with E-state index in [0.717, 1.165) is 5.46 Å². The summed E-state index contributed by atoms with van der Waals surface area (Å²) in [4.78, 5) is 11.1. The summed E-state index contributed by atoms with van der Waals surface area (Å²) >= 11 is 0. The quantitative estimate of drug-likeness (QED) is 0.561. The van der Waals surface area contributed by atoms with Crippen LogP contribution in [0.15, 0.2) is 12.4 Å². The Morgan fingerprint density at radius 1 is 1.47 bits per heavy atom. The summed E-state index contributed by atoms with van der Waals surface area (Å²) in [6.07, 6.45) is 3.35. The average Bonchev–Trinajstić information content (AvgIpc) is 2.72. The summed E-state index contributed by atoms with van der Waals surface area (Å²) in [6.45, 7) is 7.13. The zero-order valence-electron chi connectivity index (χ0n) is 12.1. The van der Waals surface area contributed by atoms with E-state index in [0.29, 0.717) is 7.48 Å². The van der Waals surface area contributed by atoms with Crippen molar-refractivity contribution in [2.75, 3.05) is 7.11 Å². The van der Waals surface area contributed by atoms with E-state index < -0.39 is 11.2 Å². The molecule has 0 aliphatic carbocycles. The molecule has 6 nitrogen and oxygen atoms in total. The van der Waals surface area contributed by atoms with E-state index in [4.69, 9.17) is 4.65 Å². The Kier molecular flexibility index (Phi) is 4.76. The van der Waals surface area contributed by atoms with E-state index in [9.17, 15) is 9.90 Å². The first kappa shape index (κ1) is 15.7. The molecule has 0 fully saturated rings. The molecule has 0 bridgehead atoms. The van der Waals surface area contributed by atoms with E-state index in [1.807, 2.05) is 13.8 Å². The molecule has 0 aromatic carbocycles. The van der Waals surface area contributed by atoms with Gasteiger partial charge in [0.1, 0.15) is 6.54 Å². The first-order chi connectivity index (χ1) is 8.65. The Balaban J connectivity index is 2.58. The third-order valence-corrected chi connectivity index (χ3v) is 3.28. The molecular weight excluding hydrogens is 247 g/mol. The van der Waals surface area contributed by atoms with E-state index in [-0.39, 0.29) is 12.5 Å². The van der Waals surface area contributed by atoms with Crippen LogP contribution in [0, 0.1) is 0 Å². The highest BCUT2D eigenvalue weighted by Crippen LogP contribution is 2.24. The normalized spacial score (nSPS) is 12.3. The van der Waals surface area contributed by atoms with Crippen LogP contribution in [-0.2, 0) is 20.7 Å². The molecule has 0 aliphatic rings. The summed E-state index contributed by atoms with van der Waals surface area (Å²) in [6, 6.07) is 0. The van der Waals surface area contributed by atoms with Gasteiger partial charge in [-0.2, -0.15) is 5.10 Å². The molecule has 1 rings (SSSR count). The highest BCUT2D eigenvalue weighted by Gasteiger charge is 2.35. The fourth-order valence-electron chi connectivity index (χ4n) is 1.20. The number of hydrogen-bond donors (Lipinski definition) is 1. The molecule has 0 aliphatic heterocycles. The number of hydrogen-bond acceptors (Lipinski definition) is 5. The summed E-state index contributed by atoms with van der Waals surface area (Å²) in [5, 5.41) is 14.0. The first-order valence-corrected chi connectivity index (χ1v) is 6.10. The van der Waals surface area contributed by atoms with Crippen molar-refractivity contribution < 1.29 is 19.3 Å². The van der Waals surface area contributed by atoms with Crippen LogP contribution in [0.2, 0.25) is 0 Å². The molecule has 1 aromatic rings. The maximum absolute atomic E-state index is 11.1. The minimum absolute atomic E-state index is 0.0748. The predicted molar refractivity (Wildman–Crippen MR) is 72.5 cm³/mol. The second-order valence-corrected chi connectivity index (χ2v) is 5.48. The topological polar surface area (TPSA) is 73.6 Å². The molecule has 106 valence electrons. The average molecular weight is 268 g/mol. The molecule has 0 atom stereocenters. The molecular formula is C12H21BN2O4. The fourth-order valence-corrected chi connectivity index (χ4v) is 1.20. The molecule has 7 heteroatoms. The molecule has 1 heterocycles. The van der Waals surface area contributed by atoms with Crippen molar-refractivity contribution in [1.29, 1.82) is 0 Å². The molecule has 0 spiro atoms. The van der Waals surface area contributed by atoms with E-state index in [2.05, 4.69) is 9.84 Å². The highest BCUT2D eigenvalue weighted by molar-refractivity contribution is 6.46. The smallest absolute Gasteiger partial charge is 0.327 e. The maximum Gasteiger partial charge on any atom is 0.327 e. The van der Waals surface area contributed by atoms with Crippen LogP contribution in [0.25, 0.3) is 0 Å². The Morgan fingerprint density at radius 3 is 2.63 bits per heavy atom. The molecule has 0 saturated carbocycles. The van der Waals surface area contributed by atoms with Gasteiger partial charge >= 0.3 is 13.5 Å². The number of rotatable bonds is 6. The molecule has 19 heavy (non-hydrogen) atoms. The van der Waals surface area contributed by atoms with Crippen LogP contribution in [0.1, 0.15) is 27.7 Å². The first-order valence-electron chi connectivity index (χ1n) is 6.10. The zero-order chi connectivity index (χ0) is 14.7. The van der Waals surface area contributed by atoms with Crippen molar-refractivity contribution in [1.82, 2.24) is 9.78 Å². The van der Waals surface area contributed by atoms with Crippen LogP contribution in [0.4, 0.5) is 0 Å². The Bertz CT molecular complexity index is 437. The summed E-state index contributed by atoms with van der Waals surface area (Å²) in [5.74, 6) is -0.354. The van der Waals surface area contributed by atoms with Gasteiger partial charge in [-0.15, -0.1) is 0 Å².